The third kappa shape index (κ3) is 2.67. The van der Waals surface area contributed by atoms with Gasteiger partial charge in [-0.05, 0) is 25.1 Å². The zero-order chi connectivity index (χ0) is 15.7. The lowest BCUT2D eigenvalue weighted by Crippen LogP contribution is -2.26. The van der Waals surface area contributed by atoms with Gasteiger partial charge >= 0.3 is 0 Å². The van der Waals surface area contributed by atoms with Gasteiger partial charge in [0.15, 0.2) is 0 Å². The molecule has 1 amide bonds. The van der Waals surface area contributed by atoms with E-state index in [4.69, 9.17) is 11.6 Å². The van der Waals surface area contributed by atoms with Gasteiger partial charge in [-0.15, -0.1) is 11.3 Å². The number of nitrogens with one attached hydrogen (secondary N) is 1. The summed E-state index contributed by atoms with van der Waals surface area (Å²) in [6.45, 7) is 1.81. The predicted molar refractivity (Wildman–Crippen MR) is 84.7 cm³/mol. The number of hydrogen-bond acceptors (Lipinski definition) is 4. The van der Waals surface area contributed by atoms with Crippen molar-refractivity contribution < 1.29 is 9.18 Å². The molecule has 7 heteroatoms. The summed E-state index contributed by atoms with van der Waals surface area (Å²) in [4.78, 5) is 20.6. The molecule has 112 valence electrons. The molecule has 0 aliphatic carbocycles. The Labute approximate surface area is 135 Å². The zero-order valence-electron chi connectivity index (χ0n) is 11.5. The van der Waals surface area contributed by atoms with Gasteiger partial charge in [0.1, 0.15) is 17.0 Å². The van der Waals surface area contributed by atoms with E-state index < -0.39 is 5.82 Å². The maximum Gasteiger partial charge on any atom is 0.263 e. The molecule has 3 aromatic rings. The van der Waals surface area contributed by atoms with Gasteiger partial charge in [-0.1, -0.05) is 17.7 Å². The molecule has 2 heterocycles. The van der Waals surface area contributed by atoms with E-state index in [-0.39, 0.29) is 22.4 Å². The first kappa shape index (κ1) is 14.9. The summed E-state index contributed by atoms with van der Waals surface area (Å²) in [6, 6.07) is 6.07. The van der Waals surface area contributed by atoms with Crippen molar-refractivity contribution >= 4 is 38.9 Å². The average Bonchev–Trinajstić information content (AvgIpc) is 2.86. The number of nitrogens with zero attached hydrogens (tertiary/aromatic N) is 2. The minimum Gasteiger partial charge on any atom is -0.343 e. The summed E-state index contributed by atoms with van der Waals surface area (Å²) in [7, 11) is 0. The molecule has 0 aliphatic rings. The van der Waals surface area contributed by atoms with Crippen molar-refractivity contribution in [2.45, 2.75) is 13.0 Å². The predicted octanol–water partition coefficient (Wildman–Crippen LogP) is 3.97. The number of carbonyl (C=O) groups excluding carboxylic acids is 1. The Hall–Kier alpha value is -2.05. The molecule has 1 atom stereocenters. The topological polar surface area (TPSA) is 54.9 Å². The Bertz CT molecular complexity index is 837. The number of benzene rings is 1. The second-order valence-electron chi connectivity index (χ2n) is 4.69. The van der Waals surface area contributed by atoms with E-state index in [0.29, 0.717) is 15.3 Å². The number of aromatic nitrogens is 2. The van der Waals surface area contributed by atoms with Crippen LogP contribution in [0.25, 0.3) is 10.1 Å². The lowest BCUT2D eigenvalue weighted by molar-refractivity contribution is 0.0943. The quantitative estimate of drug-likeness (QED) is 0.787. The van der Waals surface area contributed by atoms with Crippen LogP contribution in [0.5, 0.6) is 0 Å². The van der Waals surface area contributed by atoms with E-state index in [1.54, 1.807) is 24.4 Å². The third-order valence-corrected chi connectivity index (χ3v) is 4.85. The van der Waals surface area contributed by atoms with Crippen molar-refractivity contribution in [3.63, 3.8) is 0 Å². The molecule has 0 spiro atoms. The molecular formula is C15H11ClFN3OS. The van der Waals surface area contributed by atoms with Gasteiger partial charge in [0.2, 0.25) is 0 Å². The standard InChI is InChI=1S/C15H11ClFN3OS/c1-8(10-5-6-18-7-19-10)20-15(21)14-13(16)12-9(17)3-2-4-11(12)22-14/h2-8H,1H3,(H,20,21)/t8-/m1/s1. The Balaban J connectivity index is 1.90. The normalized spacial score (nSPS) is 12.3. The van der Waals surface area contributed by atoms with Crippen molar-refractivity contribution in [2.75, 3.05) is 0 Å². The van der Waals surface area contributed by atoms with Gasteiger partial charge in [0.25, 0.3) is 5.91 Å². The minimum atomic E-state index is -0.429. The molecule has 0 saturated heterocycles. The van der Waals surface area contributed by atoms with E-state index in [2.05, 4.69) is 15.3 Å². The van der Waals surface area contributed by atoms with Crippen LogP contribution in [0.1, 0.15) is 28.3 Å². The summed E-state index contributed by atoms with van der Waals surface area (Å²) in [5.41, 5.74) is 0.687. The maximum absolute atomic E-state index is 13.8. The maximum atomic E-state index is 13.8. The molecule has 0 bridgehead atoms. The van der Waals surface area contributed by atoms with Crippen LogP contribution in [0.15, 0.2) is 36.8 Å². The van der Waals surface area contributed by atoms with E-state index in [1.807, 2.05) is 6.92 Å². The number of fused-ring (bicyclic) bond motifs is 1. The van der Waals surface area contributed by atoms with Crippen LogP contribution in [-0.2, 0) is 0 Å². The van der Waals surface area contributed by atoms with Crippen LogP contribution < -0.4 is 5.32 Å². The van der Waals surface area contributed by atoms with Gasteiger partial charge < -0.3 is 5.32 Å². The zero-order valence-corrected chi connectivity index (χ0v) is 13.1. The van der Waals surface area contributed by atoms with E-state index >= 15 is 0 Å². The molecule has 1 N–H and O–H groups in total. The molecule has 4 nitrogen and oxygen atoms in total. The highest BCUT2D eigenvalue weighted by atomic mass is 35.5. The van der Waals surface area contributed by atoms with E-state index in [9.17, 15) is 9.18 Å². The van der Waals surface area contributed by atoms with Crippen LogP contribution in [0.4, 0.5) is 4.39 Å². The molecule has 0 unspecified atom stereocenters. The number of thiophene rings is 1. The molecule has 0 saturated carbocycles. The first-order valence-corrected chi connectivity index (χ1v) is 7.70. The van der Waals surface area contributed by atoms with Crippen molar-refractivity contribution in [1.82, 2.24) is 15.3 Å². The smallest absolute Gasteiger partial charge is 0.263 e. The summed E-state index contributed by atoms with van der Waals surface area (Å²) in [5.74, 6) is -0.779. The van der Waals surface area contributed by atoms with Gasteiger partial charge in [0.05, 0.1) is 16.8 Å². The van der Waals surface area contributed by atoms with E-state index in [1.165, 1.54) is 23.7 Å². The molecule has 22 heavy (non-hydrogen) atoms. The molecule has 0 fully saturated rings. The van der Waals surface area contributed by atoms with Gasteiger partial charge in [-0.3, -0.25) is 4.79 Å². The fraction of sp³-hybridized carbons (Fsp3) is 0.133. The molecule has 3 rings (SSSR count). The lowest BCUT2D eigenvalue weighted by Gasteiger charge is -2.12. The fourth-order valence-corrected chi connectivity index (χ4v) is 3.57. The van der Waals surface area contributed by atoms with Gasteiger partial charge in [0, 0.05) is 16.3 Å². The van der Waals surface area contributed by atoms with Crippen molar-refractivity contribution in [3.8, 4) is 0 Å². The van der Waals surface area contributed by atoms with Crippen LogP contribution in [0.2, 0.25) is 5.02 Å². The van der Waals surface area contributed by atoms with Gasteiger partial charge in [-0.2, -0.15) is 0 Å². The Morgan fingerprint density at radius 3 is 2.91 bits per heavy atom. The van der Waals surface area contributed by atoms with Crippen LogP contribution in [-0.4, -0.2) is 15.9 Å². The number of hydrogen-bond donors (Lipinski definition) is 1. The second-order valence-corrected chi connectivity index (χ2v) is 6.12. The van der Waals surface area contributed by atoms with Crippen molar-refractivity contribution in [2.24, 2.45) is 0 Å². The lowest BCUT2D eigenvalue weighted by atomic mass is 10.2. The Morgan fingerprint density at radius 2 is 2.23 bits per heavy atom. The summed E-state index contributed by atoms with van der Waals surface area (Å²) >= 11 is 7.34. The number of carbonyl (C=O) groups is 1. The SMILES string of the molecule is C[C@@H](NC(=O)c1sc2cccc(F)c2c1Cl)c1ccncn1. The highest BCUT2D eigenvalue weighted by Crippen LogP contribution is 2.37. The van der Waals surface area contributed by atoms with Crippen LogP contribution >= 0.6 is 22.9 Å². The van der Waals surface area contributed by atoms with Crippen LogP contribution in [0, 0.1) is 5.82 Å². The van der Waals surface area contributed by atoms with Gasteiger partial charge in [-0.25, -0.2) is 14.4 Å². The molecular weight excluding hydrogens is 325 g/mol. The number of amides is 1. The summed E-state index contributed by atoms with van der Waals surface area (Å²) in [5, 5.41) is 3.24. The summed E-state index contributed by atoms with van der Waals surface area (Å²) in [6.07, 6.45) is 3.02. The Kier molecular flexibility index (Phi) is 4.04. The second kappa shape index (κ2) is 5.98. The molecule has 0 radical (unpaired) electrons. The highest BCUT2D eigenvalue weighted by molar-refractivity contribution is 7.21. The minimum absolute atomic E-state index is 0.144. The molecule has 0 aliphatic heterocycles. The molecule has 1 aromatic carbocycles. The molecule has 2 aromatic heterocycles. The monoisotopic (exact) mass is 335 g/mol. The fourth-order valence-electron chi connectivity index (χ4n) is 2.11. The summed E-state index contributed by atoms with van der Waals surface area (Å²) < 4.78 is 14.5. The first-order valence-electron chi connectivity index (χ1n) is 6.51. The Morgan fingerprint density at radius 1 is 1.41 bits per heavy atom. The number of rotatable bonds is 3. The highest BCUT2D eigenvalue weighted by Gasteiger charge is 2.21. The average molecular weight is 336 g/mol. The van der Waals surface area contributed by atoms with E-state index in [0.717, 1.165) is 0 Å². The largest absolute Gasteiger partial charge is 0.343 e. The third-order valence-electron chi connectivity index (χ3n) is 3.21. The number of halogens is 2. The van der Waals surface area contributed by atoms with Crippen molar-refractivity contribution in [3.05, 3.63) is 58.2 Å². The van der Waals surface area contributed by atoms with Crippen LogP contribution in [0.3, 0.4) is 0 Å². The van der Waals surface area contributed by atoms with Crippen molar-refractivity contribution in [1.29, 1.82) is 0 Å². The first-order chi connectivity index (χ1) is 10.6.